The summed E-state index contributed by atoms with van der Waals surface area (Å²) in [7, 11) is 1.55. The average molecular weight is 413 g/mol. The van der Waals surface area contributed by atoms with Crippen LogP contribution in [0.4, 0.5) is 4.39 Å². The Kier molecular flexibility index (Phi) is 5.41. The van der Waals surface area contributed by atoms with Crippen molar-refractivity contribution < 1.29 is 33.3 Å². The van der Waals surface area contributed by atoms with Crippen molar-refractivity contribution in [3.8, 4) is 11.5 Å². The predicted molar refractivity (Wildman–Crippen MR) is 104 cm³/mol. The molecule has 1 N–H and O–H groups in total. The van der Waals surface area contributed by atoms with E-state index in [0.717, 1.165) is 0 Å². The molecule has 0 spiro atoms. The van der Waals surface area contributed by atoms with Crippen LogP contribution in [-0.4, -0.2) is 48.8 Å². The number of ketones is 1. The molecule has 8 heteroatoms. The van der Waals surface area contributed by atoms with Gasteiger partial charge in [-0.1, -0.05) is 12.1 Å². The Morgan fingerprint density at radius 3 is 2.63 bits per heavy atom. The summed E-state index contributed by atoms with van der Waals surface area (Å²) >= 11 is 0. The highest BCUT2D eigenvalue weighted by molar-refractivity contribution is 6.46. The van der Waals surface area contributed by atoms with E-state index in [1.165, 1.54) is 29.2 Å². The predicted octanol–water partition coefficient (Wildman–Crippen LogP) is 3.01. The van der Waals surface area contributed by atoms with Crippen LogP contribution in [0.5, 0.6) is 11.5 Å². The van der Waals surface area contributed by atoms with Gasteiger partial charge in [0.15, 0.2) is 11.5 Å². The largest absolute Gasteiger partial charge is 0.507 e. The van der Waals surface area contributed by atoms with E-state index < -0.39 is 23.5 Å². The molecule has 1 atom stereocenters. The van der Waals surface area contributed by atoms with Gasteiger partial charge in [0.1, 0.15) is 11.6 Å². The van der Waals surface area contributed by atoms with Crippen molar-refractivity contribution in [3.63, 3.8) is 0 Å². The Morgan fingerprint density at radius 2 is 1.90 bits per heavy atom. The van der Waals surface area contributed by atoms with Crippen LogP contribution in [0.15, 0.2) is 48.0 Å². The maximum absolute atomic E-state index is 13.5. The summed E-state index contributed by atoms with van der Waals surface area (Å²) in [5, 5.41) is 11.0. The molecule has 156 valence electrons. The van der Waals surface area contributed by atoms with Gasteiger partial charge in [-0.25, -0.2) is 4.39 Å². The molecule has 0 aliphatic carbocycles. The molecule has 1 unspecified atom stereocenters. The maximum Gasteiger partial charge on any atom is 0.295 e. The normalized spacial score (nSPS) is 19.5. The van der Waals surface area contributed by atoms with Gasteiger partial charge in [-0.3, -0.25) is 9.59 Å². The number of amides is 1. The first-order chi connectivity index (χ1) is 14.5. The van der Waals surface area contributed by atoms with Crippen molar-refractivity contribution in [2.24, 2.45) is 0 Å². The molecule has 7 nitrogen and oxygen atoms in total. The number of hydrogen-bond donors (Lipinski definition) is 1. The van der Waals surface area contributed by atoms with E-state index in [9.17, 15) is 19.1 Å². The molecular formula is C22H20FNO6. The van der Waals surface area contributed by atoms with E-state index >= 15 is 0 Å². The first kappa shape index (κ1) is 19.9. The standard InChI is InChI=1S/C22H20FNO6/c1-28-10-2-9-24-19(13-3-6-15(23)7-4-13)18(21(26)22(24)27)20(25)14-5-8-16-17(11-14)30-12-29-16/h3-8,11,19,25H,2,9-10,12H2,1H3/b20-18-. The lowest BCUT2D eigenvalue weighted by Crippen LogP contribution is -2.31. The number of nitrogens with zero attached hydrogens (tertiary/aromatic N) is 1. The third kappa shape index (κ3) is 3.50. The number of aliphatic hydroxyl groups is 1. The maximum atomic E-state index is 13.5. The van der Waals surface area contributed by atoms with Crippen LogP contribution in [0.1, 0.15) is 23.6 Å². The minimum Gasteiger partial charge on any atom is -0.507 e. The molecule has 2 aliphatic heterocycles. The van der Waals surface area contributed by atoms with Crippen LogP contribution in [0.2, 0.25) is 0 Å². The quantitative estimate of drug-likeness (QED) is 0.339. The average Bonchev–Trinajstić information content (AvgIpc) is 3.31. The Balaban J connectivity index is 1.80. The molecule has 0 radical (unpaired) electrons. The number of methoxy groups -OCH3 is 1. The minimum atomic E-state index is -0.840. The number of aliphatic hydroxyl groups excluding tert-OH is 1. The molecule has 1 fully saturated rings. The molecule has 4 rings (SSSR count). The van der Waals surface area contributed by atoms with Gasteiger partial charge in [-0.05, 0) is 42.3 Å². The molecule has 30 heavy (non-hydrogen) atoms. The number of halogens is 1. The lowest BCUT2D eigenvalue weighted by molar-refractivity contribution is -0.140. The van der Waals surface area contributed by atoms with Gasteiger partial charge in [0.25, 0.3) is 11.7 Å². The monoisotopic (exact) mass is 413 g/mol. The van der Waals surface area contributed by atoms with Gasteiger partial charge in [-0.15, -0.1) is 0 Å². The number of carbonyl (C=O) groups excluding carboxylic acids is 2. The van der Waals surface area contributed by atoms with Gasteiger partial charge in [0.2, 0.25) is 6.79 Å². The lowest BCUT2D eigenvalue weighted by Gasteiger charge is -2.25. The number of carbonyl (C=O) groups is 2. The van der Waals surface area contributed by atoms with Crippen LogP contribution in [0, 0.1) is 5.82 Å². The fourth-order valence-electron chi connectivity index (χ4n) is 3.68. The van der Waals surface area contributed by atoms with Crippen LogP contribution >= 0.6 is 0 Å². The van der Waals surface area contributed by atoms with Crippen molar-refractivity contribution in [1.29, 1.82) is 0 Å². The second kappa shape index (κ2) is 8.16. The highest BCUT2D eigenvalue weighted by Gasteiger charge is 2.45. The minimum absolute atomic E-state index is 0.0529. The smallest absolute Gasteiger partial charge is 0.295 e. The number of likely N-dealkylation sites (tertiary alicyclic amines) is 1. The third-order valence-corrected chi connectivity index (χ3v) is 5.12. The fourth-order valence-corrected chi connectivity index (χ4v) is 3.68. The van der Waals surface area contributed by atoms with Crippen molar-refractivity contribution in [3.05, 3.63) is 65.0 Å². The summed E-state index contributed by atoms with van der Waals surface area (Å²) in [5.74, 6) is -1.31. The number of benzene rings is 2. The molecule has 1 saturated heterocycles. The van der Waals surface area contributed by atoms with E-state index in [2.05, 4.69) is 0 Å². The fraction of sp³-hybridized carbons (Fsp3) is 0.273. The topological polar surface area (TPSA) is 85.3 Å². The number of fused-ring (bicyclic) bond motifs is 1. The third-order valence-electron chi connectivity index (χ3n) is 5.12. The highest BCUT2D eigenvalue weighted by Crippen LogP contribution is 2.41. The zero-order valence-electron chi connectivity index (χ0n) is 16.3. The zero-order valence-corrected chi connectivity index (χ0v) is 16.3. The van der Waals surface area contributed by atoms with Crippen molar-refractivity contribution >= 4 is 17.4 Å². The van der Waals surface area contributed by atoms with Crippen molar-refractivity contribution in [1.82, 2.24) is 4.90 Å². The van der Waals surface area contributed by atoms with Crippen LogP contribution in [0.25, 0.3) is 5.76 Å². The molecule has 2 heterocycles. The van der Waals surface area contributed by atoms with Gasteiger partial charge in [-0.2, -0.15) is 0 Å². The van der Waals surface area contributed by atoms with Crippen LogP contribution in [0.3, 0.4) is 0 Å². The summed E-state index contributed by atoms with van der Waals surface area (Å²) in [6.45, 7) is 0.721. The van der Waals surface area contributed by atoms with E-state index in [0.29, 0.717) is 35.7 Å². The zero-order chi connectivity index (χ0) is 21.3. The number of rotatable bonds is 6. The summed E-state index contributed by atoms with van der Waals surface area (Å²) < 4.78 is 29.1. The summed E-state index contributed by atoms with van der Waals surface area (Å²) in [4.78, 5) is 27.0. The van der Waals surface area contributed by atoms with Gasteiger partial charge >= 0.3 is 0 Å². The number of hydrogen-bond acceptors (Lipinski definition) is 6. The molecule has 0 bridgehead atoms. The van der Waals surface area contributed by atoms with Crippen molar-refractivity contribution in [2.75, 3.05) is 27.1 Å². The second-order valence-corrected chi connectivity index (χ2v) is 6.96. The first-order valence-electron chi connectivity index (χ1n) is 9.44. The first-order valence-corrected chi connectivity index (χ1v) is 9.44. The van der Waals surface area contributed by atoms with Gasteiger partial charge < -0.3 is 24.2 Å². The summed E-state index contributed by atoms with van der Waals surface area (Å²) in [6.07, 6.45) is 0.505. The van der Waals surface area contributed by atoms with Crippen LogP contribution < -0.4 is 9.47 Å². The molecule has 0 aromatic heterocycles. The Bertz CT molecular complexity index is 1020. The van der Waals surface area contributed by atoms with E-state index in [1.807, 2.05) is 0 Å². The lowest BCUT2D eigenvalue weighted by atomic mass is 9.95. The Hall–Kier alpha value is -3.39. The highest BCUT2D eigenvalue weighted by atomic mass is 19.1. The van der Waals surface area contributed by atoms with Crippen LogP contribution in [-0.2, 0) is 14.3 Å². The molecular weight excluding hydrogens is 393 g/mol. The second-order valence-electron chi connectivity index (χ2n) is 6.96. The molecule has 2 aliphatic rings. The molecule has 2 aromatic rings. The Labute approximate surface area is 172 Å². The Morgan fingerprint density at radius 1 is 1.17 bits per heavy atom. The molecule has 1 amide bonds. The van der Waals surface area contributed by atoms with Gasteiger partial charge in [0, 0.05) is 25.8 Å². The molecule has 2 aromatic carbocycles. The number of ether oxygens (including phenoxy) is 3. The van der Waals surface area contributed by atoms with E-state index in [4.69, 9.17) is 14.2 Å². The van der Waals surface area contributed by atoms with Gasteiger partial charge in [0.05, 0.1) is 11.6 Å². The van der Waals surface area contributed by atoms with E-state index in [-0.39, 0.29) is 24.7 Å². The summed E-state index contributed by atoms with van der Waals surface area (Å²) in [6, 6.07) is 9.44. The molecule has 0 saturated carbocycles. The SMILES string of the molecule is COCCCN1C(=O)C(=O)/C(=C(\O)c2ccc3c(c2)OCO3)C1c1ccc(F)cc1. The van der Waals surface area contributed by atoms with E-state index in [1.54, 1.807) is 25.3 Å². The van der Waals surface area contributed by atoms with Crippen molar-refractivity contribution in [2.45, 2.75) is 12.5 Å². The summed E-state index contributed by atoms with van der Waals surface area (Å²) in [5.41, 5.74) is 0.791. The number of Topliss-reactive ketones (excluding diaryl/α,β-unsaturated/α-hetero) is 1.